The summed E-state index contributed by atoms with van der Waals surface area (Å²) >= 11 is 0. The first-order valence-electron chi connectivity index (χ1n) is 5.98. The van der Waals surface area contributed by atoms with Crippen molar-refractivity contribution in [2.24, 2.45) is 5.73 Å². The SMILES string of the molecule is NCc1ccc(F)cc1CS(=O)(=O)c1ccc(F)cc1F. The minimum Gasteiger partial charge on any atom is -0.326 e. The molecule has 0 atom stereocenters. The molecule has 2 rings (SSSR count). The third-order valence-electron chi connectivity index (χ3n) is 2.96. The van der Waals surface area contributed by atoms with Crippen LogP contribution in [-0.2, 0) is 22.1 Å². The van der Waals surface area contributed by atoms with Gasteiger partial charge in [0.05, 0.1) is 5.75 Å². The summed E-state index contributed by atoms with van der Waals surface area (Å²) in [6, 6.07) is 5.77. The molecule has 3 nitrogen and oxygen atoms in total. The first-order valence-corrected chi connectivity index (χ1v) is 7.64. The first-order chi connectivity index (χ1) is 9.83. The monoisotopic (exact) mass is 315 g/mol. The van der Waals surface area contributed by atoms with E-state index < -0.39 is 37.9 Å². The zero-order valence-corrected chi connectivity index (χ0v) is 11.6. The van der Waals surface area contributed by atoms with E-state index in [0.717, 1.165) is 24.3 Å². The molecule has 0 bridgehead atoms. The van der Waals surface area contributed by atoms with E-state index in [1.807, 2.05) is 0 Å². The van der Waals surface area contributed by atoms with E-state index in [4.69, 9.17) is 5.73 Å². The molecular formula is C14H12F3NO2S. The lowest BCUT2D eigenvalue weighted by atomic mass is 10.1. The van der Waals surface area contributed by atoms with Crippen molar-refractivity contribution in [3.05, 3.63) is 65.0 Å². The second kappa shape index (κ2) is 5.87. The highest BCUT2D eigenvalue weighted by Crippen LogP contribution is 2.22. The van der Waals surface area contributed by atoms with Gasteiger partial charge >= 0.3 is 0 Å². The lowest BCUT2D eigenvalue weighted by molar-refractivity contribution is 0.548. The van der Waals surface area contributed by atoms with E-state index in [2.05, 4.69) is 0 Å². The van der Waals surface area contributed by atoms with Gasteiger partial charge in [-0.25, -0.2) is 21.6 Å². The van der Waals surface area contributed by atoms with Crippen molar-refractivity contribution in [2.45, 2.75) is 17.2 Å². The van der Waals surface area contributed by atoms with Gasteiger partial charge in [-0.05, 0) is 35.4 Å². The van der Waals surface area contributed by atoms with Crippen LogP contribution in [0.25, 0.3) is 0 Å². The van der Waals surface area contributed by atoms with Crippen molar-refractivity contribution in [3.63, 3.8) is 0 Å². The maximum Gasteiger partial charge on any atom is 0.185 e. The van der Waals surface area contributed by atoms with Crippen LogP contribution in [0.15, 0.2) is 41.3 Å². The summed E-state index contributed by atoms with van der Waals surface area (Å²) in [5, 5.41) is 0. The topological polar surface area (TPSA) is 60.2 Å². The Bertz CT molecular complexity index is 776. The molecule has 0 unspecified atom stereocenters. The van der Waals surface area contributed by atoms with Crippen molar-refractivity contribution in [3.8, 4) is 0 Å². The highest BCUT2D eigenvalue weighted by molar-refractivity contribution is 7.90. The maximum absolute atomic E-state index is 13.6. The molecule has 7 heteroatoms. The van der Waals surface area contributed by atoms with Crippen molar-refractivity contribution in [1.29, 1.82) is 0 Å². The Kier molecular flexibility index (Phi) is 4.34. The fraction of sp³-hybridized carbons (Fsp3) is 0.143. The number of benzene rings is 2. The van der Waals surface area contributed by atoms with Crippen LogP contribution < -0.4 is 5.73 Å². The van der Waals surface area contributed by atoms with E-state index in [1.54, 1.807) is 0 Å². The second-order valence-corrected chi connectivity index (χ2v) is 6.41. The summed E-state index contributed by atoms with van der Waals surface area (Å²) in [6.07, 6.45) is 0. The van der Waals surface area contributed by atoms with Crippen LogP contribution in [0.4, 0.5) is 13.2 Å². The van der Waals surface area contributed by atoms with Gasteiger partial charge in [-0.2, -0.15) is 0 Å². The summed E-state index contributed by atoms with van der Waals surface area (Å²) in [6.45, 7) is 0.0248. The molecule has 0 amide bonds. The van der Waals surface area contributed by atoms with E-state index in [0.29, 0.717) is 11.6 Å². The van der Waals surface area contributed by atoms with E-state index in [-0.39, 0.29) is 12.1 Å². The van der Waals surface area contributed by atoms with Gasteiger partial charge in [0.2, 0.25) is 0 Å². The maximum atomic E-state index is 13.6. The molecule has 0 aromatic heterocycles. The fourth-order valence-corrected chi connectivity index (χ4v) is 3.40. The molecule has 0 aliphatic heterocycles. The Morgan fingerprint density at radius 2 is 1.52 bits per heavy atom. The quantitative estimate of drug-likeness (QED) is 0.882. The standard InChI is InChI=1S/C14H12F3NO2S/c15-11-2-1-9(7-18)10(5-11)8-21(19,20)14-4-3-12(16)6-13(14)17/h1-6H,7-8,18H2. The third-order valence-corrected chi connectivity index (χ3v) is 4.65. The van der Waals surface area contributed by atoms with Crippen molar-refractivity contribution in [2.75, 3.05) is 0 Å². The Morgan fingerprint density at radius 3 is 2.14 bits per heavy atom. The predicted octanol–water partition coefficient (Wildman–Crippen LogP) is 2.54. The Hall–Kier alpha value is -1.86. The number of hydrogen-bond acceptors (Lipinski definition) is 3. The summed E-state index contributed by atoms with van der Waals surface area (Å²) in [4.78, 5) is -0.629. The lowest BCUT2D eigenvalue weighted by Crippen LogP contribution is -2.11. The van der Waals surface area contributed by atoms with Crippen molar-refractivity contribution < 1.29 is 21.6 Å². The molecular weight excluding hydrogens is 303 g/mol. The number of sulfone groups is 1. The molecule has 0 radical (unpaired) electrons. The largest absolute Gasteiger partial charge is 0.326 e. The highest BCUT2D eigenvalue weighted by Gasteiger charge is 2.21. The molecule has 2 aromatic carbocycles. The van der Waals surface area contributed by atoms with Gasteiger partial charge in [0.15, 0.2) is 9.84 Å². The zero-order chi connectivity index (χ0) is 15.6. The molecule has 0 spiro atoms. The van der Waals surface area contributed by atoms with Crippen molar-refractivity contribution >= 4 is 9.84 Å². The summed E-state index contributed by atoms with van der Waals surface area (Å²) in [5.74, 6) is -3.28. The van der Waals surface area contributed by atoms with Crippen LogP contribution in [-0.4, -0.2) is 8.42 Å². The van der Waals surface area contributed by atoms with Crippen LogP contribution in [0, 0.1) is 17.5 Å². The third kappa shape index (κ3) is 3.43. The Balaban J connectivity index is 2.44. The molecule has 0 fully saturated rings. The number of nitrogens with two attached hydrogens (primary N) is 1. The van der Waals surface area contributed by atoms with Crippen LogP contribution in [0.2, 0.25) is 0 Å². The van der Waals surface area contributed by atoms with Crippen molar-refractivity contribution in [1.82, 2.24) is 0 Å². The van der Waals surface area contributed by atoms with E-state index in [9.17, 15) is 21.6 Å². The van der Waals surface area contributed by atoms with Gasteiger partial charge in [-0.1, -0.05) is 6.07 Å². The van der Waals surface area contributed by atoms with Crippen LogP contribution in [0.1, 0.15) is 11.1 Å². The number of hydrogen-bond donors (Lipinski definition) is 1. The molecule has 0 aliphatic rings. The average molecular weight is 315 g/mol. The molecule has 0 saturated heterocycles. The summed E-state index contributed by atoms with van der Waals surface area (Å²) < 4.78 is 64.0. The Morgan fingerprint density at radius 1 is 0.905 bits per heavy atom. The first kappa shape index (κ1) is 15.5. The lowest BCUT2D eigenvalue weighted by Gasteiger charge is -2.10. The molecule has 2 N–H and O–H groups in total. The van der Waals surface area contributed by atoms with Gasteiger partial charge in [-0.3, -0.25) is 0 Å². The van der Waals surface area contributed by atoms with Gasteiger partial charge in [-0.15, -0.1) is 0 Å². The van der Waals surface area contributed by atoms with Crippen LogP contribution >= 0.6 is 0 Å². The molecule has 21 heavy (non-hydrogen) atoms. The predicted molar refractivity (Wildman–Crippen MR) is 71.5 cm³/mol. The number of rotatable bonds is 4. The fourth-order valence-electron chi connectivity index (χ4n) is 1.94. The minimum absolute atomic E-state index is 0.0248. The van der Waals surface area contributed by atoms with Gasteiger partial charge in [0, 0.05) is 12.6 Å². The summed E-state index contributed by atoms with van der Waals surface area (Å²) in [5.41, 5.74) is 6.07. The van der Waals surface area contributed by atoms with Crippen LogP contribution in [0.5, 0.6) is 0 Å². The second-order valence-electron chi connectivity index (χ2n) is 4.45. The van der Waals surface area contributed by atoms with Gasteiger partial charge in [0.1, 0.15) is 22.3 Å². The minimum atomic E-state index is -4.07. The van der Waals surface area contributed by atoms with Crippen LogP contribution in [0.3, 0.4) is 0 Å². The zero-order valence-electron chi connectivity index (χ0n) is 10.8. The van der Waals surface area contributed by atoms with Gasteiger partial charge < -0.3 is 5.73 Å². The molecule has 0 aliphatic carbocycles. The number of halogens is 3. The molecule has 0 heterocycles. The van der Waals surface area contributed by atoms with Gasteiger partial charge in [0.25, 0.3) is 0 Å². The average Bonchev–Trinajstić information content (AvgIpc) is 2.37. The normalized spacial score (nSPS) is 11.6. The van der Waals surface area contributed by atoms with E-state index in [1.165, 1.54) is 6.07 Å². The Labute approximate surface area is 120 Å². The summed E-state index contributed by atoms with van der Waals surface area (Å²) in [7, 11) is -4.07. The highest BCUT2D eigenvalue weighted by atomic mass is 32.2. The smallest absolute Gasteiger partial charge is 0.185 e. The molecule has 2 aromatic rings. The molecule has 0 saturated carbocycles. The molecule has 112 valence electrons. The van der Waals surface area contributed by atoms with E-state index >= 15 is 0 Å².